The molecule has 7 nitrogen and oxygen atoms in total. The van der Waals surface area contributed by atoms with E-state index in [0.717, 1.165) is 30.8 Å². The second-order valence-electron chi connectivity index (χ2n) is 8.01. The van der Waals surface area contributed by atoms with Crippen molar-refractivity contribution in [2.45, 2.75) is 44.1 Å². The number of aryl methyl sites for hydroxylation is 2. The molecule has 3 heterocycles. The Balaban J connectivity index is 1.63. The second-order valence-corrected chi connectivity index (χ2v) is 8.01. The molecule has 2 aliphatic rings. The minimum atomic E-state index is -1.03. The average molecular weight is 396 g/mol. The monoisotopic (exact) mass is 396 g/mol. The number of hydrogen-bond donors (Lipinski definition) is 3. The topological polar surface area (TPSA) is 98.6 Å². The Morgan fingerprint density at radius 1 is 1.10 bits per heavy atom. The van der Waals surface area contributed by atoms with Gasteiger partial charge in [-0.2, -0.15) is 0 Å². The van der Waals surface area contributed by atoms with E-state index in [0.29, 0.717) is 50.3 Å². The Morgan fingerprint density at radius 2 is 1.93 bits per heavy atom. The molecule has 1 fully saturated rings. The molecule has 1 amide bonds. The van der Waals surface area contributed by atoms with E-state index >= 15 is 0 Å². The summed E-state index contributed by atoms with van der Waals surface area (Å²) in [6, 6.07) is 10.2. The van der Waals surface area contributed by atoms with Crippen LogP contribution in [0.5, 0.6) is 0 Å². The first-order chi connectivity index (χ1) is 14.1. The molecule has 2 aliphatic heterocycles. The first-order valence-electron chi connectivity index (χ1n) is 10.4. The molecule has 1 unspecified atom stereocenters. The van der Waals surface area contributed by atoms with E-state index in [1.807, 2.05) is 18.2 Å². The van der Waals surface area contributed by atoms with Gasteiger partial charge in [-0.05, 0) is 37.7 Å². The minimum Gasteiger partial charge on any atom is -0.393 e. The number of amides is 1. The van der Waals surface area contributed by atoms with Crippen molar-refractivity contribution in [1.82, 2.24) is 15.3 Å². The van der Waals surface area contributed by atoms with Crippen LogP contribution in [0.3, 0.4) is 0 Å². The number of hydrogen-bond acceptors (Lipinski definition) is 6. The smallest absolute Gasteiger partial charge is 0.270 e. The standard InChI is InChI=1S/C22H28N4O3/c27-15-22(29)10-4-13-26(14-11-22)20-17-9-12-23-21(28)19(17)24-18(25-20)8-7-16-5-2-1-3-6-16/h1-3,5-6,27,29H,4,7-15H2,(H,23,28). The zero-order chi connectivity index (χ0) is 20.3. The van der Waals surface area contributed by atoms with Crippen molar-refractivity contribution in [3.63, 3.8) is 0 Å². The summed E-state index contributed by atoms with van der Waals surface area (Å²) in [6.07, 6.45) is 3.98. The van der Waals surface area contributed by atoms with Crippen molar-refractivity contribution in [2.75, 3.05) is 31.1 Å². The van der Waals surface area contributed by atoms with Crippen LogP contribution in [0.15, 0.2) is 30.3 Å². The molecule has 1 aromatic carbocycles. The van der Waals surface area contributed by atoms with Crippen molar-refractivity contribution in [3.8, 4) is 0 Å². The maximum atomic E-state index is 12.5. The maximum absolute atomic E-state index is 12.5. The molecule has 0 radical (unpaired) electrons. The number of aliphatic hydroxyl groups is 2. The van der Waals surface area contributed by atoms with E-state index in [1.54, 1.807) is 0 Å². The number of rotatable bonds is 5. The molecule has 1 saturated heterocycles. The third kappa shape index (κ3) is 4.41. The lowest BCUT2D eigenvalue weighted by Gasteiger charge is -2.28. The fraction of sp³-hybridized carbons (Fsp3) is 0.500. The van der Waals surface area contributed by atoms with E-state index < -0.39 is 5.60 Å². The van der Waals surface area contributed by atoms with Crippen LogP contribution >= 0.6 is 0 Å². The lowest BCUT2D eigenvalue weighted by atomic mass is 9.96. The Hall–Kier alpha value is -2.51. The van der Waals surface area contributed by atoms with Gasteiger partial charge in [-0.3, -0.25) is 4.79 Å². The number of aliphatic hydroxyl groups excluding tert-OH is 1. The summed E-state index contributed by atoms with van der Waals surface area (Å²) < 4.78 is 0. The van der Waals surface area contributed by atoms with Gasteiger partial charge in [-0.1, -0.05) is 30.3 Å². The summed E-state index contributed by atoms with van der Waals surface area (Å²) in [7, 11) is 0. The van der Waals surface area contributed by atoms with Crippen molar-refractivity contribution < 1.29 is 15.0 Å². The predicted octanol–water partition coefficient (Wildman–Crippen LogP) is 1.26. The molecule has 1 aromatic heterocycles. The zero-order valence-corrected chi connectivity index (χ0v) is 16.6. The third-order valence-corrected chi connectivity index (χ3v) is 5.90. The summed E-state index contributed by atoms with van der Waals surface area (Å²) in [4.78, 5) is 24.1. The average Bonchev–Trinajstić information content (AvgIpc) is 2.95. The molecule has 3 N–H and O–H groups in total. The minimum absolute atomic E-state index is 0.141. The number of carbonyl (C=O) groups is 1. The fourth-order valence-electron chi connectivity index (χ4n) is 4.14. The summed E-state index contributed by atoms with van der Waals surface area (Å²) in [5, 5.41) is 22.9. The zero-order valence-electron chi connectivity index (χ0n) is 16.6. The van der Waals surface area contributed by atoms with Gasteiger partial charge >= 0.3 is 0 Å². The van der Waals surface area contributed by atoms with Gasteiger partial charge < -0.3 is 20.4 Å². The SMILES string of the molecule is O=C1NCCc2c1nc(CCc1ccccc1)nc2N1CCCC(O)(CO)CC1. The molecule has 0 bridgehead atoms. The predicted molar refractivity (Wildman–Crippen MR) is 110 cm³/mol. The number of nitrogens with one attached hydrogen (secondary N) is 1. The van der Waals surface area contributed by atoms with Crippen LogP contribution < -0.4 is 10.2 Å². The van der Waals surface area contributed by atoms with Crippen LogP contribution in [0.2, 0.25) is 0 Å². The number of anilines is 1. The largest absolute Gasteiger partial charge is 0.393 e. The first kappa shape index (κ1) is 19.8. The molecular formula is C22H28N4O3. The van der Waals surface area contributed by atoms with Gasteiger partial charge in [0.05, 0.1) is 12.2 Å². The van der Waals surface area contributed by atoms with Gasteiger partial charge in [0, 0.05) is 31.6 Å². The Labute approximate surface area is 170 Å². The van der Waals surface area contributed by atoms with E-state index in [1.165, 1.54) is 5.56 Å². The van der Waals surface area contributed by atoms with Gasteiger partial charge in [0.15, 0.2) is 0 Å². The van der Waals surface area contributed by atoms with E-state index in [9.17, 15) is 15.0 Å². The quantitative estimate of drug-likeness (QED) is 0.704. The molecule has 29 heavy (non-hydrogen) atoms. The van der Waals surface area contributed by atoms with Gasteiger partial charge in [-0.25, -0.2) is 9.97 Å². The van der Waals surface area contributed by atoms with Gasteiger partial charge in [0.1, 0.15) is 17.3 Å². The lowest BCUT2D eigenvalue weighted by Crippen LogP contribution is -2.37. The molecule has 0 aliphatic carbocycles. The number of fused-ring (bicyclic) bond motifs is 1. The molecule has 7 heteroatoms. The van der Waals surface area contributed by atoms with E-state index in [2.05, 4.69) is 27.3 Å². The van der Waals surface area contributed by atoms with Crippen LogP contribution in [-0.2, 0) is 19.3 Å². The highest BCUT2D eigenvalue weighted by atomic mass is 16.3. The summed E-state index contributed by atoms with van der Waals surface area (Å²) >= 11 is 0. The molecule has 0 spiro atoms. The van der Waals surface area contributed by atoms with Crippen molar-refractivity contribution in [3.05, 3.63) is 53.0 Å². The van der Waals surface area contributed by atoms with Crippen LogP contribution in [0.1, 0.15) is 46.7 Å². The van der Waals surface area contributed by atoms with Crippen LogP contribution in [0.4, 0.5) is 5.82 Å². The number of aromatic nitrogens is 2. The lowest BCUT2D eigenvalue weighted by molar-refractivity contribution is -0.0232. The van der Waals surface area contributed by atoms with Crippen LogP contribution in [0, 0.1) is 0 Å². The molecule has 2 aromatic rings. The van der Waals surface area contributed by atoms with Crippen LogP contribution in [0.25, 0.3) is 0 Å². The van der Waals surface area contributed by atoms with Gasteiger partial charge in [-0.15, -0.1) is 0 Å². The highest BCUT2D eigenvalue weighted by molar-refractivity contribution is 5.96. The summed E-state index contributed by atoms with van der Waals surface area (Å²) in [5.41, 5.74) is 1.55. The Morgan fingerprint density at radius 3 is 2.72 bits per heavy atom. The summed E-state index contributed by atoms with van der Waals surface area (Å²) in [5.74, 6) is 1.34. The van der Waals surface area contributed by atoms with Crippen molar-refractivity contribution in [1.29, 1.82) is 0 Å². The highest BCUT2D eigenvalue weighted by Crippen LogP contribution is 2.29. The van der Waals surface area contributed by atoms with Crippen molar-refractivity contribution >= 4 is 11.7 Å². The molecule has 0 saturated carbocycles. The molecule has 4 rings (SSSR count). The molecule has 1 atom stereocenters. The fourth-order valence-corrected chi connectivity index (χ4v) is 4.14. The number of benzene rings is 1. The molecule has 154 valence electrons. The highest BCUT2D eigenvalue weighted by Gasteiger charge is 2.32. The second kappa shape index (κ2) is 8.47. The van der Waals surface area contributed by atoms with E-state index in [4.69, 9.17) is 4.98 Å². The van der Waals surface area contributed by atoms with E-state index in [-0.39, 0.29) is 12.5 Å². The van der Waals surface area contributed by atoms with Crippen molar-refractivity contribution in [2.24, 2.45) is 0 Å². The first-order valence-corrected chi connectivity index (χ1v) is 10.4. The van der Waals surface area contributed by atoms with Gasteiger partial charge in [0.25, 0.3) is 5.91 Å². The normalized spacial score (nSPS) is 22.0. The Kier molecular flexibility index (Phi) is 5.78. The molecular weight excluding hydrogens is 368 g/mol. The van der Waals surface area contributed by atoms with Gasteiger partial charge in [0.2, 0.25) is 0 Å². The number of nitrogens with zero attached hydrogens (tertiary/aromatic N) is 3. The maximum Gasteiger partial charge on any atom is 0.270 e. The summed E-state index contributed by atoms with van der Waals surface area (Å²) in [6.45, 7) is 1.69. The third-order valence-electron chi connectivity index (χ3n) is 5.90. The van der Waals surface area contributed by atoms with Crippen LogP contribution in [-0.4, -0.2) is 57.9 Å². The number of carbonyl (C=O) groups excluding carboxylic acids is 1. The Bertz CT molecular complexity index is 874.